The Hall–Kier alpha value is -1.17. The Morgan fingerprint density at radius 2 is 2.06 bits per heavy atom. The number of rotatable bonds is 7. The molecule has 5 nitrogen and oxygen atoms in total. The maximum absolute atomic E-state index is 9.68. The summed E-state index contributed by atoms with van der Waals surface area (Å²) in [5, 5.41) is 9.68. The molecule has 0 aliphatic carbocycles. The summed E-state index contributed by atoms with van der Waals surface area (Å²) in [6.45, 7) is 6.48. The van der Waals surface area contributed by atoms with Gasteiger partial charge in [-0.15, -0.1) is 0 Å². The lowest BCUT2D eigenvalue weighted by Gasteiger charge is -2.15. The molecular weight excluding hydrogens is 232 g/mol. The Balaban J connectivity index is 2.47. The van der Waals surface area contributed by atoms with Gasteiger partial charge in [0.2, 0.25) is 0 Å². The van der Waals surface area contributed by atoms with Gasteiger partial charge in [0, 0.05) is 12.2 Å². The summed E-state index contributed by atoms with van der Waals surface area (Å²) in [5.41, 5.74) is 7.19. The lowest BCUT2D eigenvalue weighted by atomic mass is 10.3. The summed E-state index contributed by atoms with van der Waals surface area (Å²) in [6.07, 6.45) is -0.556. The van der Waals surface area contributed by atoms with Crippen LogP contribution in [0.2, 0.25) is 0 Å². The maximum atomic E-state index is 9.68. The fourth-order valence-corrected chi connectivity index (χ4v) is 1.41. The molecule has 0 amide bonds. The predicted octanol–water partition coefficient (Wildman–Crippen LogP) is 1.01. The number of nitrogens with zero attached hydrogens (tertiary/aromatic N) is 1. The van der Waals surface area contributed by atoms with Gasteiger partial charge in [0.15, 0.2) is 0 Å². The molecule has 0 aromatic carbocycles. The van der Waals surface area contributed by atoms with Crippen LogP contribution >= 0.6 is 0 Å². The van der Waals surface area contributed by atoms with E-state index in [1.807, 2.05) is 32.9 Å². The number of hydrogen-bond acceptors (Lipinski definition) is 5. The van der Waals surface area contributed by atoms with Gasteiger partial charge < -0.3 is 20.3 Å². The van der Waals surface area contributed by atoms with Gasteiger partial charge in [-0.3, -0.25) is 4.98 Å². The second kappa shape index (κ2) is 7.31. The van der Waals surface area contributed by atoms with Crippen LogP contribution in [0.5, 0.6) is 5.75 Å². The van der Waals surface area contributed by atoms with E-state index in [-0.39, 0.29) is 19.3 Å². The van der Waals surface area contributed by atoms with Crippen LogP contribution in [0.25, 0.3) is 0 Å². The minimum atomic E-state index is -0.653. The van der Waals surface area contributed by atoms with Crippen molar-refractivity contribution in [3.8, 4) is 5.75 Å². The van der Waals surface area contributed by atoms with E-state index in [1.165, 1.54) is 0 Å². The zero-order valence-corrected chi connectivity index (χ0v) is 11.2. The van der Waals surface area contributed by atoms with Crippen molar-refractivity contribution in [2.24, 2.45) is 5.73 Å². The van der Waals surface area contributed by atoms with Crippen LogP contribution in [-0.4, -0.2) is 35.5 Å². The summed E-state index contributed by atoms with van der Waals surface area (Å²) in [4.78, 5) is 4.28. The van der Waals surface area contributed by atoms with Crippen molar-refractivity contribution in [2.45, 2.75) is 39.5 Å². The third-order valence-electron chi connectivity index (χ3n) is 2.32. The van der Waals surface area contributed by atoms with Gasteiger partial charge in [-0.2, -0.15) is 0 Å². The highest BCUT2D eigenvalue weighted by Gasteiger charge is 2.09. The minimum absolute atomic E-state index is 0.0975. The molecule has 1 atom stereocenters. The standard InChI is InChI=1S/C13H22N2O3/c1-9(2)17-7-11(16)8-18-13-5-4-10(3)15-12(13)6-14/h4-5,9,11,16H,6-8,14H2,1-3H3. The van der Waals surface area contributed by atoms with Crippen LogP contribution in [0.15, 0.2) is 12.1 Å². The Kier molecular flexibility index (Phi) is 6.04. The quantitative estimate of drug-likeness (QED) is 0.759. The van der Waals surface area contributed by atoms with Crippen molar-refractivity contribution in [3.05, 3.63) is 23.5 Å². The number of aromatic nitrogens is 1. The van der Waals surface area contributed by atoms with Crippen molar-refractivity contribution in [1.82, 2.24) is 4.98 Å². The van der Waals surface area contributed by atoms with E-state index in [0.717, 1.165) is 5.69 Å². The van der Waals surface area contributed by atoms with Crippen molar-refractivity contribution >= 4 is 0 Å². The largest absolute Gasteiger partial charge is 0.489 e. The van der Waals surface area contributed by atoms with E-state index in [1.54, 1.807) is 0 Å². The van der Waals surface area contributed by atoms with Crippen LogP contribution in [0.4, 0.5) is 0 Å². The zero-order chi connectivity index (χ0) is 13.5. The van der Waals surface area contributed by atoms with Crippen LogP contribution < -0.4 is 10.5 Å². The first-order chi connectivity index (χ1) is 8.52. The fraction of sp³-hybridized carbons (Fsp3) is 0.615. The van der Waals surface area contributed by atoms with Gasteiger partial charge >= 0.3 is 0 Å². The van der Waals surface area contributed by atoms with Crippen LogP contribution in [0, 0.1) is 6.92 Å². The minimum Gasteiger partial charge on any atom is -0.489 e. The zero-order valence-electron chi connectivity index (χ0n) is 11.2. The molecule has 1 rings (SSSR count). The van der Waals surface area contributed by atoms with Crippen molar-refractivity contribution in [3.63, 3.8) is 0 Å². The molecule has 102 valence electrons. The van der Waals surface area contributed by atoms with E-state index in [9.17, 15) is 5.11 Å². The molecule has 0 spiro atoms. The molecular formula is C13H22N2O3. The van der Waals surface area contributed by atoms with Gasteiger partial charge in [-0.1, -0.05) is 0 Å². The number of pyridine rings is 1. The van der Waals surface area contributed by atoms with E-state index in [2.05, 4.69) is 4.98 Å². The highest BCUT2D eigenvalue weighted by Crippen LogP contribution is 2.16. The van der Waals surface area contributed by atoms with Gasteiger partial charge in [-0.25, -0.2) is 0 Å². The highest BCUT2D eigenvalue weighted by molar-refractivity contribution is 5.29. The van der Waals surface area contributed by atoms with E-state index < -0.39 is 6.10 Å². The second-order valence-corrected chi connectivity index (χ2v) is 4.45. The SMILES string of the molecule is Cc1ccc(OCC(O)COC(C)C)c(CN)n1. The van der Waals surface area contributed by atoms with Crippen LogP contribution in [0.1, 0.15) is 25.2 Å². The first-order valence-corrected chi connectivity index (χ1v) is 6.12. The molecule has 3 N–H and O–H groups in total. The summed E-state index contributed by atoms with van der Waals surface area (Å²) in [6, 6.07) is 3.67. The van der Waals surface area contributed by atoms with Crippen LogP contribution in [-0.2, 0) is 11.3 Å². The number of aliphatic hydroxyl groups excluding tert-OH is 1. The number of hydrogen-bond donors (Lipinski definition) is 2. The topological polar surface area (TPSA) is 77.6 Å². The fourth-order valence-electron chi connectivity index (χ4n) is 1.41. The Bertz CT molecular complexity index is 369. The second-order valence-electron chi connectivity index (χ2n) is 4.45. The Labute approximate surface area is 108 Å². The summed E-state index contributed by atoms with van der Waals surface area (Å²) in [5.74, 6) is 0.617. The lowest BCUT2D eigenvalue weighted by molar-refractivity contribution is -0.0124. The molecule has 1 aromatic heterocycles. The van der Waals surface area contributed by atoms with Gasteiger partial charge in [0.1, 0.15) is 18.5 Å². The molecule has 0 saturated heterocycles. The smallest absolute Gasteiger partial charge is 0.142 e. The molecule has 0 fully saturated rings. The molecule has 18 heavy (non-hydrogen) atoms. The molecule has 1 heterocycles. The Morgan fingerprint density at radius 1 is 1.33 bits per heavy atom. The maximum Gasteiger partial charge on any atom is 0.142 e. The summed E-state index contributed by atoms with van der Waals surface area (Å²) in [7, 11) is 0. The van der Waals surface area contributed by atoms with Crippen molar-refractivity contribution in [1.29, 1.82) is 0 Å². The molecule has 5 heteroatoms. The van der Waals surface area contributed by atoms with E-state index >= 15 is 0 Å². The Morgan fingerprint density at radius 3 is 2.67 bits per heavy atom. The van der Waals surface area contributed by atoms with E-state index in [0.29, 0.717) is 18.0 Å². The molecule has 1 unspecified atom stereocenters. The van der Waals surface area contributed by atoms with Crippen molar-refractivity contribution in [2.75, 3.05) is 13.2 Å². The molecule has 0 aliphatic rings. The third-order valence-corrected chi connectivity index (χ3v) is 2.32. The average molecular weight is 254 g/mol. The summed E-state index contributed by atoms with van der Waals surface area (Å²) >= 11 is 0. The monoisotopic (exact) mass is 254 g/mol. The number of aryl methyl sites for hydroxylation is 1. The number of aliphatic hydroxyl groups is 1. The number of ether oxygens (including phenoxy) is 2. The first kappa shape index (κ1) is 14.9. The predicted molar refractivity (Wildman–Crippen MR) is 69.5 cm³/mol. The van der Waals surface area contributed by atoms with E-state index in [4.69, 9.17) is 15.2 Å². The van der Waals surface area contributed by atoms with Gasteiger partial charge in [0.05, 0.1) is 18.4 Å². The normalized spacial score (nSPS) is 12.8. The molecule has 0 aliphatic heterocycles. The third kappa shape index (κ3) is 5.00. The summed E-state index contributed by atoms with van der Waals surface area (Å²) < 4.78 is 10.8. The molecule has 0 bridgehead atoms. The average Bonchev–Trinajstić information content (AvgIpc) is 2.34. The van der Waals surface area contributed by atoms with Gasteiger partial charge in [0.25, 0.3) is 0 Å². The molecule has 0 saturated carbocycles. The molecule has 1 aromatic rings. The first-order valence-electron chi connectivity index (χ1n) is 6.12. The van der Waals surface area contributed by atoms with Crippen LogP contribution in [0.3, 0.4) is 0 Å². The molecule has 0 radical (unpaired) electrons. The number of nitrogens with two attached hydrogens (primary N) is 1. The highest BCUT2D eigenvalue weighted by atomic mass is 16.5. The lowest BCUT2D eigenvalue weighted by Crippen LogP contribution is -2.25. The van der Waals surface area contributed by atoms with Crippen molar-refractivity contribution < 1.29 is 14.6 Å². The van der Waals surface area contributed by atoms with Gasteiger partial charge in [-0.05, 0) is 32.9 Å².